The first kappa shape index (κ1) is 10.7. The average Bonchev–Trinajstić information content (AvgIpc) is 2.95. The number of imidazole rings is 1. The fourth-order valence-electron chi connectivity index (χ4n) is 1.62. The quantitative estimate of drug-likeness (QED) is 0.732. The molecule has 0 radical (unpaired) electrons. The predicted octanol–water partition coefficient (Wildman–Crippen LogP) is 0.490. The van der Waals surface area contributed by atoms with Crippen molar-refractivity contribution in [2.75, 3.05) is 19.7 Å². The molecule has 0 spiro atoms. The number of carbonyl (C=O) groups is 2. The van der Waals surface area contributed by atoms with Gasteiger partial charge in [-0.15, -0.1) is 0 Å². The van der Waals surface area contributed by atoms with E-state index in [0.717, 1.165) is 25.9 Å². The summed E-state index contributed by atoms with van der Waals surface area (Å²) in [7, 11) is 0. The summed E-state index contributed by atoms with van der Waals surface area (Å²) in [5.41, 5.74) is 0. The highest BCUT2D eigenvalue weighted by Gasteiger charge is 2.19. The Bertz CT molecular complexity index is 369. The summed E-state index contributed by atoms with van der Waals surface area (Å²) in [6.45, 7) is 1.33. The standard InChI is InChI=1S/C10H13N3O3/c14-9(12-4-1-2-5-12)7-16-10(15)13-6-3-11-8-13/h3,6,8H,1-2,4-5,7H2. The molecule has 0 saturated carbocycles. The summed E-state index contributed by atoms with van der Waals surface area (Å²) in [5.74, 6) is -0.133. The molecule has 0 unspecified atom stereocenters. The van der Waals surface area contributed by atoms with Gasteiger partial charge in [-0.2, -0.15) is 0 Å². The van der Waals surface area contributed by atoms with Crippen LogP contribution in [0.2, 0.25) is 0 Å². The molecule has 0 aliphatic carbocycles. The molecule has 1 amide bonds. The molecular formula is C10H13N3O3. The van der Waals surface area contributed by atoms with E-state index >= 15 is 0 Å². The van der Waals surface area contributed by atoms with Crippen molar-refractivity contribution in [3.63, 3.8) is 0 Å². The largest absolute Gasteiger partial charge is 0.439 e. The molecule has 16 heavy (non-hydrogen) atoms. The van der Waals surface area contributed by atoms with E-state index in [1.165, 1.54) is 23.3 Å². The molecule has 2 heterocycles. The molecule has 1 aromatic heterocycles. The summed E-state index contributed by atoms with van der Waals surface area (Å²) in [5, 5.41) is 0. The Hall–Kier alpha value is -1.85. The van der Waals surface area contributed by atoms with Gasteiger partial charge in [0.25, 0.3) is 5.91 Å². The number of rotatable bonds is 2. The van der Waals surface area contributed by atoms with Crippen molar-refractivity contribution in [1.82, 2.24) is 14.5 Å². The van der Waals surface area contributed by atoms with Crippen molar-refractivity contribution < 1.29 is 14.3 Å². The van der Waals surface area contributed by atoms with E-state index in [-0.39, 0.29) is 12.5 Å². The minimum atomic E-state index is -0.579. The summed E-state index contributed by atoms with van der Waals surface area (Å²) in [6, 6.07) is 0. The van der Waals surface area contributed by atoms with Crippen molar-refractivity contribution >= 4 is 12.0 Å². The van der Waals surface area contributed by atoms with Crippen LogP contribution in [0.15, 0.2) is 18.7 Å². The van der Waals surface area contributed by atoms with Gasteiger partial charge in [-0.1, -0.05) is 0 Å². The number of hydrogen-bond acceptors (Lipinski definition) is 4. The van der Waals surface area contributed by atoms with Gasteiger partial charge in [-0.25, -0.2) is 14.3 Å². The summed E-state index contributed by atoms with van der Waals surface area (Å²) in [4.78, 5) is 28.3. The van der Waals surface area contributed by atoms with E-state index in [2.05, 4.69) is 4.98 Å². The van der Waals surface area contributed by atoms with Crippen LogP contribution in [0.5, 0.6) is 0 Å². The Morgan fingerprint density at radius 3 is 2.69 bits per heavy atom. The Kier molecular flexibility index (Phi) is 3.19. The first-order valence-corrected chi connectivity index (χ1v) is 5.20. The molecular weight excluding hydrogens is 210 g/mol. The third-order valence-corrected chi connectivity index (χ3v) is 2.49. The lowest BCUT2D eigenvalue weighted by molar-refractivity contribution is -0.133. The predicted molar refractivity (Wildman–Crippen MR) is 54.8 cm³/mol. The molecule has 0 atom stereocenters. The molecule has 1 aromatic rings. The molecule has 0 bridgehead atoms. The van der Waals surface area contributed by atoms with E-state index in [1.54, 1.807) is 4.90 Å². The molecule has 0 N–H and O–H groups in total. The maximum absolute atomic E-state index is 11.5. The van der Waals surface area contributed by atoms with Gasteiger partial charge in [0.2, 0.25) is 0 Å². The monoisotopic (exact) mass is 223 g/mol. The third-order valence-electron chi connectivity index (χ3n) is 2.49. The van der Waals surface area contributed by atoms with Crippen LogP contribution >= 0.6 is 0 Å². The lowest BCUT2D eigenvalue weighted by Gasteiger charge is -2.14. The van der Waals surface area contributed by atoms with Gasteiger partial charge in [0.05, 0.1) is 0 Å². The Labute approximate surface area is 92.8 Å². The highest BCUT2D eigenvalue weighted by atomic mass is 16.6. The van der Waals surface area contributed by atoms with Gasteiger partial charge in [-0.3, -0.25) is 4.79 Å². The minimum absolute atomic E-state index is 0.133. The second kappa shape index (κ2) is 4.78. The van der Waals surface area contributed by atoms with E-state index in [4.69, 9.17) is 4.74 Å². The SMILES string of the molecule is O=C(COC(=O)n1ccnc1)N1CCCC1. The third kappa shape index (κ3) is 2.39. The van der Waals surface area contributed by atoms with Gasteiger partial charge in [0.1, 0.15) is 6.33 Å². The molecule has 0 aromatic carbocycles. The first-order valence-electron chi connectivity index (χ1n) is 5.20. The maximum atomic E-state index is 11.5. The lowest BCUT2D eigenvalue weighted by Crippen LogP contribution is -2.32. The topological polar surface area (TPSA) is 64.4 Å². The molecule has 6 nitrogen and oxygen atoms in total. The highest BCUT2D eigenvalue weighted by Crippen LogP contribution is 2.07. The second-order valence-corrected chi connectivity index (χ2v) is 3.61. The summed E-state index contributed by atoms with van der Waals surface area (Å²) >= 11 is 0. The van der Waals surface area contributed by atoms with Crippen LogP contribution in [0.4, 0.5) is 4.79 Å². The number of carbonyl (C=O) groups excluding carboxylic acids is 2. The zero-order valence-corrected chi connectivity index (χ0v) is 8.83. The average molecular weight is 223 g/mol. The smallest absolute Gasteiger partial charge is 0.419 e. The van der Waals surface area contributed by atoms with Gasteiger partial charge in [0, 0.05) is 25.5 Å². The summed E-state index contributed by atoms with van der Waals surface area (Å²) < 4.78 is 6.05. The molecule has 1 saturated heterocycles. The second-order valence-electron chi connectivity index (χ2n) is 3.61. The number of hydrogen-bond donors (Lipinski definition) is 0. The molecule has 1 fully saturated rings. The zero-order chi connectivity index (χ0) is 11.4. The summed E-state index contributed by atoms with van der Waals surface area (Å²) in [6.07, 6.45) is 5.77. The molecule has 1 aliphatic heterocycles. The number of amides is 1. The van der Waals surface area contributed by atoms with E-state index in [9.17, 15) is 9.59 Å². The Morgan fingerprint density at radius 2 is 2.06 bits per heavy atom. The van der Waals surface area contributed by atoms with Crippen LogP contribution in [-0.4, -0.2) is 46.1 Å². The molecule has 1 aliphatic rings. The van der Waals surface area contributed by atoms with E-state index < -0.39 is 6.09 Å². The van der Waals surface area contributed by atoms with Crippen LogP contribution in [0, 0.1) is 0 Å². The van der Waals surface area contributed by atoms with Crippen LogP contribution in [0.3, 0.4) is 0 Å². The lowest BCUT2D eigenvalue weighted by atomic mass is 10.4. The van der Waals surface area contributed by atoms with Gasteiger partial charge < -0.3 is 9.64 Å². The number of likely N-dealkylation sites (tertiary alicyclic amines) is 1. The Morgan fingerprint density at radius 1 is 1.31 bits per heavy atom. The minimum Gasteiger partial charge on any atom is -0.439 e. The van der Waals surface area contributed by atoms with Crippen molar-refractivity contribution in [2.45, 2.75) is 12.8 Å². The van der Waals surface area contributed by atoms with Gasteiger partial charge in [0.15, 0.2) is 6.61 Å². The number of aromatic nitrogens is 2. The van der Waals surface area contributed by atoms with Crippen LogP contribution in [-0.2, 0) is 9.53 Å². The van der Waals surface area contributed by atoms with Crippen molar-refractivity contribution in [2.24, 2.45) is 0 Å². The van der Waals surface area contributed by atoms with Crippen molar-refractivity contribution in [1.29, 1.82) is 0 Å². The van der Waals surface area contributed by atoms with Crippen molar-refractivity contribution in [3.05, 3.63) is 18.7 Å². The van der Waals surface area contributed by atoms with Gasteiger partial charge in [-0.05, 0) is 12.8 Å². The van der Waals surface area contributed by atoms with Crippen molar-refractivity contribution in [3.8, 4) is 0 Å². The van der Waals surface area contributed by atoms with Crippen LogP contribution < -0.4 is 0 Å². The van der Waals surface area contributed by atoms with Crippen LogP contribution in [0.25, 0.3) is 0 Å². The van der Waals surface area contributed by atoms with Crippen LogP contribution in [0.1, 0.15) is 12.8 Å². The fraction of sp³-hybridized carbons (Fsp3) is 0.500. The molecule has 2 rings (SSSR count). The van der Waals surface area contributed by atoms with E-state index in [0.29, 0.717) is 0 Å². The maximum Gasteiger partial charge on any atom is 0.419 e. The van der Waals surface area contributed by atoms with E-state index in [1.807, 2.05) is 0 Å². The van der Waals surface area contributed by atoms with Gasteiger partial charge >= 0.3 is 6.09 Å². The number of ether oxygens (including phenoxy) is 1. The Balaban J connectivity index is 1.79. The fourth-order valence-corrected chi connectivity index (χ4v) is 1.62. The highest BCUT2D eigenvalue weighted by molar-refractivity contribution is 5.80. The molecule has 86 valence electrons. The first-order chi connectivity index (χ1) is 7.77. The molecule has 6 heteroatoms. The number of nitrogens with zero attached hydrogens (tertiary/aromatic N) is 3. The normalized spacial score (nSPS) is 15.1. The zero-order valence-electron chi connectivity index (χ0n) is 8.83.